The van der Waals surface area contributed by atoms with E-state index in [0.717, 1.165) is 42.4 Å². The van der Waals surface area contributed by atoms with Crippen molar-refractivity contribution >= 4 is 5.97 Å². The number of halogens is 1. The lowest BCUT2D eigenvalue weighted by Crippen LogP contribution is -2.20. The zero-order valence-electron chi connectivity index (χ0n) is 21.2. The number of rotatable bonds is 10. The van der Waals surface area contributed by atoms with E-state index in [9.17, 15) is 14.3 Å². The summed E-state index contributed by atoms with van der Waals surface area (Å²) in [6, 6.07) is 14.6. The number of methoxy groups -OCH3 is 2. The van der Waals surface area contributed by atoms with Crippen LogP contribution in [0.1, 0.15) is 54.9 Å². The molecule has 3 aromatic rings. The fourth-order valence-electron chi connectivity index (χ4n) is 4.99. The van der Waals surface area contributed by atoms with E-state index in [-0.39, 0.29) is 18.4 Å². The summed E-state index contributed by atoms with van der Waals surface area (Å²) in [5.41, 5.74) is 3.47. The first-order chi connectivity index (χ1) is 17.9. The fourth-order valence-corrected chi connectivity index (χ4v) is 4.99. The van der Waals surface area contributed by atoms with Gasteiger partial charge in [0, 0.05) is 17.0 Å². The van der Waals surface area contributed by atoms with Crippen molar-refractivity contribution in [3.63, 3.8) is 0 Å². The molecule has 1 aromatic heterocycles. The first-order valence-electron chi connectivity index (χ1n) is 12.3. The van der Waals surface area contributed by atoms with Crippen molar-refractivity contribution in [2.45, 2.75) is 50.2 Å². The van der Waals surface area contributed by atoms with E-state index in [1.807, 2.05) is 18.2 Å². The van der Waals surface area contributed by atoms with Crippen LogP contribution in [-0.4, -0.2) is 30.3 Å². The van der Waals surface area contributed by atoms with Crippen LogP contribution < -0.4 is 9.47 Å². The number of esters is 1. The summed E-state index contributed by atoms with van der Waals surface area (Å²) in [4.78, 5) is 15.5. The third-order valence-electron chi connectivity index (χ3n) is 7.07. The number of carbonyl (C=O) groups excluding carboxylic acids is 1. The van der Waals surface area contributed by atoms with Crippen LogP contribution in [0.2, 0.25) is 0 Å². The molecule has 0 aliphatic heterocycles. The molecule has 1 aliphatic carbocycles. The van der Waals surface area contributed by atoms with Crippen molar-refractivity contribution in [3.05, 3.63) is 89.9 Å². The number of ether oxygens (including phenoxy) is 3. The van der Waals surface area contributed by atoms with Crippen molar-refractivity contribution in [1.82, 2.24) is 4.98 Å². The lowest BCUT2D eigenvalue weighted by Gasteiger charge is -2.29. The van der Waals surface area contributed by atoms with Gasteiger partial charge in [0.2, 0.25) is 5.88 Å². The predicted octanol–water partition coefficient (Wildman–Crippen LogP) is 6.07. The summed E-state index contributed by atoms with van der Waals surface area (Å²) in [6.45, 7) is 4.42. The quantitative estimate of drug-likeness (QED) is 0.266. The van der Waals surface area contributed by atoms with Crippen molar-refractivity contribution in [3.8, 4) is 22.8 Å². The number of aliphatic hydroxyl groups is 1. The Kier molecular flexibility index (Phi) is 8.24. The lowest BCUT2D eigenvalue weighted by molar-refractivity contribution is -0.142. The standard InChI is InChI=1S/C30H32FNO5/c1-4-30(12-5-6-13-30)25-14-20(10-11-23(25)24-16-28(35-2)32-18-26(24)31)19-37-22-9-7-8-21(15-22)27(33)17-29(34)36-3/h4,7-11,14-16,18,27,33H,1,5-6,12-13,17,19H2,2-3H3/t27-/m1/s1. The van der Waals surface area contributed by atoms with E-state index < -0.39 is 17.9 Å². The molecule has 1 aliphatic rings. The smallest absolute Gasteiger partial charge is 0.308 e. The Balaban J connectivity index is 1.64. The predicted molar refractivity (Wildman–Crippen MR) is 139 cm³/mol. The number of allylic oxidation sites excluding steroid dienone is 1. The Morgan fingerprint density at radius 2 is 1.95 bits per heavy atom. The highest BCUT2D eigenvalue weighted by Crippen LogP contribution is 2.46. The van der Waals surface area contributed by atoms with Crippen LogP contribution in [0.4, 0.5) is 4.39 Å². The number of aromatic nitrogens is 1. The van der Waals surface area contributed by atoms with Gasteiger partial charge in [0.05, 0.1) is 32.9 Å². The topological polar surface area (TPSA) is 77.9 Å². The molecule has 194 valence electrons. The zero-order valence-corrected chi connectivity index (χ0v) is 21.2. The van der Waals surface area contributed by atoms with Crippen molar-refractivity contribution in [2.24, 2.45) is 0 Å². The maximum absolute atomic E-state index is 14.9. The Morgan fingerprint density at radius 1 is 1.16 bits per heavy atom. The van der Waals surface area contributed by atoms with Gasteiger partial charge in [-0.15, -0.1) is 6.58 Å². The second-order valence-electron chi connectivity index (χ2n) is 9.31. The first-order valence-corrected chi connectivity index (χ1v) is 12.3. The van der Waals surface area contributed by atoms with Crippen LogP contribution in [0.25, 0.3) is 11.1 Å². The van der Waals surface area contributed by atoms with Gasteiger partial charge in [0.25, 0.3) is 0 Å². The summed E-state index contributed by atoms with van der Waals surface area (Å²) in [5, 5.41) is 10.3. The van der Waals surface area contributed by atoms with E-state index in [2.05, 4.69) is 22.4 Å². The van der Waals surface area contributed by atoms with Crippen LogP contribution in [-0.2, 0) is 21.6 Å². The summed E-state index contributed by atoms with van der Waals surface area (Å²) in [7, 11) is 2.80. The Morgan fingerprint density at radius 3 is 2.65 bits per heavy atom. The van der Waals surface area contributed by atoms with Crippen molar-refractivity contribution in [2.75, 3.05) is 14.2 Å². The minimum absolute atomic E-state index is 0.134. The van der Waals surface area contributed by atoms with Gasteiger partial charge in [0.1, 0.15) is 18.2 Å². The maximum atomic E-state index is 14.9. The van der Waals surface area contributed by atoms with Crippen LogP contribution >= 0.6 is 0 Å². The Bertz CT molecular complexity index is 1270. The maximum Gasteiger partial charge on any atom is 0.308 e. The molecule has 4 rings (SSSR count). The molecule has 0 bridgehead atoms. The average molecular weight is 506 g/mol. The number of hydrogen-bond donors (Lipinski definition) is 1. The molecule has 1 saturated carbocycles. The van der Waals surface area contributed by atoms with Gasteiger partial charge in [-0.3, -0.25) is 4.79 Å². The number of aliphatic hydroxyl groups excluding tert-OH is 1. The van der Waals surface area contributed by atoms with E-state index in [4.69, 9.17) is 9.47 Å². The van der Waals surface area contributed by atoms with E-state index >= 15 is 0 Å². The molecule has 1 heterocycles. The molecule has 0 amide bonds. The highest BCUT2D eigenvalue weighted by molar-refractivity contribution is 5.71. The molecule has 0 unspecified atom stereocenters. The van der Waals surface area contributed by atoms with Crippen LogP contribution in [0.15, 0.2) is 67.4 Å². The highest BCUT2D eigenvalue weighted by Gasteiger charge is 2.35. The largest absolute Gasteiger partial charge is 0.489 e. The number of nitrogens with zero attached hydrogens (tertiary/aromatic N) is 1. The molecule has 2 aromatic carbocycles. The number of carbonyl (C=O) groups is 1. The molecule has 0 saturated heterocycles. The zero-order chi connectivity index (χ0) is 26.4. The molecular formula is C30H32FNO5. The highest BCUT2D eigenvalue weighted by atomic mass is 19.1. The summed E-state index contributed by atoms with van der Waals surface area (Å²) in [6.07, 6.45) is 6.10. The van der Waals surface area contributed by atoms with Gasteiger partial charge < -0.3 is 19.3 Å². The van der Waals surface area contributed by atoms with E-state index in [1.54, 1.807) is 30.3 Å². The van der Waals surface area contributed by atoms with Gasteiger partial charge in [-0.2, -0.15) is 0 Å². The molecular weight excluding hydrogens is 473 g/mol. The van der Waals surface area contributed by atoms with Crippen LogP contribution in [0, 0.1) is 5.82 Å². The third kappa shape index (κ3) is 5.83. The van der Waals surface area contributed by atoms with Crippen molar-refractivity contribution in [1.29, 1.82) is 0 Å². The van der Waals surface area contributed by atoms with Gasteiger partial charge in [-0.1, -0.05) is 49.2 Å². The van der Waals surface area contributed by atoms with Gasteiger partial charge in [0.15, 0.2) is 0 Å². The third-order valence-corrected chi connectivity index (χ3v) is 7.07. The number of pyridine rings is 1. The monoisotopic (exact) mass is 505 g/mol. The summed E-state index contributed by atoms with van der Waals surface area (Å²) >= 11 is 0. The Hall–Kier alpha value is -3.71. The van der Waals surface area contributed by atoms with Crippen LogP contribution in [0.3, 0.4) is 0 Å². The average Bonchev–Trinajstić information content (AvgIpc) is 3.42. The van der Waals surface area contributed by atoms with E-state index in [0.29, 0.717) is 22.8 Å². The molecule has 37 heavy (non-hydrogen) atoms. The lowest BCUT2D eigenvalue weighted by atomic mass is 9.75. The van der Waals surface area contributed by atoms with Gasteiger partial charge in [-0.05, 0) is 47.2 Å². The normalized spacial score (nSPS) is 15.1. The SMILES string of the molecule is C=CC1(c2cc(COc3cccc([C@H](O)CC(=O)OC)c3)ccc2-c2cc(OC)ncc2F)CCCC1. The fraction of sp³-hybridized carbons (Fsp3) is 0.333. The number of benzene rings is 2. The second-order valence-corrected chi connectivity index (χ2v) is 9.31. The summed E-state index contributed by atoms with van der Waals surface area (Å²) in [5.74, 6) is 0.0164. The first kappa shape index (κ1) is 26.4. The Labute approximate surface area is 216 Å². The molecule has 0 radical (unpaired) electrons. The minimum atomic E-state index is -0.982. The van der Waals surface area contributed by atoms with Crippen molar-refractivity contribution < 1.29 is 28.5 Å². The van der Waals surface area contributed by atoms with Gasteiger partial charge >= 0.3 is 5.97 Å². The van der Waals surface area contributed by atoms with Gasteiger partial charge in [-0.25, -0.2) is 9.37 Å². The minimum Gasteiger partial charge on any atom is -0.489 e. The molecule has 1 N–H and O–H groups in total. The molecule has 0 spiro atoms. The second kappa shape index (κ2) is 11.6. The molecule has 1 fully saturated rings. The molecule has 6 nitrogen and oxygen atoms in total. The molecule has 7 heteroatoms. The van der Waals surface area contributed by atoms with Crippen LogP contribution in [0.5, 0.6) is 11.6 Å². The van der Waals surface area contributed by atoms with E-state index in [1.165, 1.54) is 20.4 Å². The molecule has 1 atom stereocenters. The summed E-state index contributed by atoms with van der Waals surface area (Å²) < 4.78 is 30.9. The number of hydrogen-bond acceptors (Lipinski definition) is 6.